The van der Waals surface area contributed by atoms with Crippen LogP contribution in [0.15, 0.2) is 12.1 Å². The van der Waals surface area contributed by atoms with E-state index >= 15 is 0 Å². The molecule has 2 N–H and O–H groups in total. The third-order valence-electron chi connectivity index (χ3n) is 3.96. The van der Waals surface area contributed by atoms with Crippen molar-refractivity contribution in [3.8, 4) is 11.5 Å². The fourth-order valence-electron chi connectivity index (χ4n) is 2.70. The molecule has 0 unspecified atom stereocenters. The standard InChI is InChI=1S/C16H24N2O3/c1-20-14-10-12(13(17)11-15(14)21-2)6-7-16(19)18-8-4-3-5-9-18/h10-11H,3-9,17H2,1-2H3. The molecule has 0 aromatic heterocycles. The molecule has 1 fully saturated rings. The van der Waals surface area contributed by atoms with E-state index in [2.05, 4.69) is 0 Å². The molecule has 1 saturated heterocycles. The number of hydrogen-bond donors (Lipinski definition) is 1. The summed E-state index contributed by atoms with van der Waals surface area (Å²) in [7, 11) is 3.17. The number of likely N-dealkylation sites (tertiary alicyclic amines) is 1. The lowest BCUT2D eigenvalue weighted by atomic mass is 10.0. The van der Waals surface area contributed by atoms with Gasteiger partial charge in [0, 0.05) is 31.3 Å². The molecule has 1 aromatic rings. The number of aryl methyl sites for hydroxylation is 1. The van der Waals surface area contributed by atoms with Crippen molar-refractivity contribution in [2.75, 3.05) is 33.0 Å². The number of amides is 1. The smallest absolute Gasteiger partial charge is 0.222 e. The third kappa shape index (κ3) is 3.80. The molecule has 1 amide bonds. The number of carbonyl (C=O) groups excluding carboxylic acids is 1. The molecule has 0 bridgehead atoms. The SMILES string of the molecule is COc1cc(N)c(CCC(=O)N2CCCCC2)cc1OC. The van der Waals surface area contributed by atoms with Crippen LogP contribution in [0.25, 0.3) is 0 Å². The minimum Gasteiger partial charge on any atom is -0.493 e. The highest BCUT2D eigenvalue weighted by atomic mass is 16.5. The molecule has 0 aliphatic carbocycles. The summed E-state index contributed by atoms with van der Waals surface area (Å²) in [5, 5.41) is 0. The lowest BCUT2D eigenvalue weighted by Gasteiger charge is -2.26. The Bertz CT molecular complexity index is 497. The van der Waals surface area contributed by atoms with E-state index in [1.54, 1.807) is 20.3 Å². The number of carbonyl (C=O) groups is 1. The highest BCUT2D eigenvalue weighted by molar-refractivity contribution is 5.77. The Balaban J connectivity index is 2.00. The minimum atomic E-state index is 0.212. The molecule has 0 saturated carbocycles. The molecule has 0 spiro atoms. The average Bonchev–Trinajstić information content (AvgIpc) is 2.53. The number of methoxy groups -OCH3 is 2. The van der Waals surface area contributed by atoms with Crippen molar-refractivity contribution >= 4 is 11.6 Å². The van der Waals surface area contributed by atoms with E-state index in [0.717, 1.165) is 31.5 Å². The average molecular weight is 292 g/mol. The van der Waals surface area contributed by atoms with Crippen molar-refractivity contribution in [1.82, 2.24) is 4.90 Å². The normalized spacial score (nSPS) is 14.9. The van der Waals surface area contributed by atoms with E-state index < -0.39 is 0 Å². The first-order chi connectivity index (χ1) is 10.2. The van der Waals surface area contributed by atoms with Crippen molar-refractivity contribution in [1.29, 1.82) is 0 Å². The van der Waals surface area contributed by atoms with E-state index in [0.29, 0.717) is 30.0 Å². The summed E-state index contributed by atoms with van der Waals surface area (Å²) in [5.74, 6) is 1.47. The number of piperidine rings is 1. The summed E-state index contributed by atoms with van der Waals surface area (Å²) in [6.45, 7) is 1.78. The van der Waals surface area contributed by atoms with Crippen LogP contribution in [0, 0.1) is 0 Å². The molecule has 1 aliphatic rings. The Morgan fingerprint density at radius 3 is 2.38 bits per heavy atom. The predicted molar refractivity (Wildman–Crippen MR) is 82.7 cm³/mol. The summed E-state index contributed by atoms with van der Waals surface area (Å²) in [6, 6.07) is 3.61. The second-order valence-electron chi connectivity index (χ2n) is 5.35. The van der Waals surface area contributed by atoms with Gasteiger partial charge in [-0.05, 0) is 37.3 Å². The minimum absolute atomic E-state index is 0.212. The maximum Gasteiger partial charge on any atom is 0.222 e. The van der Waals surface area contributed by atoms with Crippen LogP contribution >= 0.6 is 0 Å². The summed E-state index contributed by atoms with van der Waals surface area (Å²) in [6.07, 6.45) is 4.57. The lowest BCUT2D eigenvalue weighted by Crippen LogP contribution is -2.35. The predicted octanol–water partition coefficient (Wildman–Crippen LogP) is 2.23. The monoisotopic (exact) mass is 292 g/mol. The van der Waals surface area contributed by atoms with E-state index in [4.69, 9.17) is 15.2 Å². The van der Waals surface area contributed by atoms with Crippen molar-refractivity contribution < 1.29 is 14.3 Å². The second-order valence-corrected chi connectivity index (χ2v) is 5.35. The molecule has 1 aromatic carbocycles. The lowest BCUT2D eigenvalue weighted by molar-refractivity contribution is -0.132. The van der Waals surface area contributed by atoms with Gasteiger partial charge in [0.1, 0.15) is 0 Å². The largest absolute Gasteiger partial charge is 0.493 e. The van der Waals surface area contributed by atoms with E-state index in [-0.39, 0.29) is 5.91 Å². The van der Waals surface area contributed by atoms with E-state index in [1.165, 1.54) is 6.42 Å². The first-order valence-corrected chi connectivity index (χ1v) is 7.44. The van der Waals surface area contributed by atoms with Gasteiger partial charge in [0.05, 0.1) is 14.2 Å². The molecule has 1 aliphatic heterocycles. The number of benzene rings is 1. The molecule has 21 heavy (non-hydrogen) atoms. The zero-order valence-electron chi connectivity index (χ0n) is 12.9. The topological polar surface area (TPSA) is 64.8 Å². The van der Waals surface area contributed by atoms with Gasteiger partial charge in [0.15, 0.2) is 11.5 Å². The number of rotatable bonds is 5. The maximum absolute atomic E-state index is 12.2. The van der Waals surface area contributed by atoms with Gasteiger partial charge < -0.3 is 20.1 Å². The van der Waals surface area contributed by atoms with Gasteiger partial charge in [-0.1, -0.05) is 0 Å². The number of nitrogens with two attached hydrogens (primary N) is 1. The molecule has 116 valence electrons. The van der Waals surface area contributed by atoms with Crippen LogP contribution in [0.1, 0.15) is 31.2 Å². The van der Waals surface area contributed by atoms with Crippen LogP contribution in [0.3, 0.4) is 0 Å². The van der Waals surface area contributed by atoms with Gasteiger partial charge >= 0.3 is 0 Å². The maximum atomic E-state index is 12.2. The van der Waals surface area contributed by atoms with Crippen LogP contribution in [-0.2, 0) is 11.2 Å². The first-order valence-electron chi connectivity index (χ1n) is 7.44. The Labute approximate surface area is 126 Å². The summed E-state index contributed by atoms with van der Waals surface area (Å²) in [4.78, 5) is 14.1. The van der Waals surface area contributed by atoms with Gasteiger partial charge in [0.2, 0.25) is 5.91 Å². The van der Waals surface area contributed by atoms with Crippen molar-refractivity contribution in [2.45, 2.75) is 32.1 Å². The molecular formula is C16H24N2O3. The van der Waals surface area contributed by atoms with Gasteiger partial charge in [-0.2, -0.15) is 0 Å². The van der Waals surface area contributed by atoms with E-state index in [1.807, 2.05) is 11.0 Å². The second kappa shape index (κ2) is 7.20. The third-order valence-corrected chi connectivity index (χ3v) is 3.96. The Hall–Kier alpha value is -1.91. The van der Waals surface area contributed by atoms with Crippen LogP contribution in [0.5, 0.6) is 11.5 Å². The Morgan fingerprint density at radius 2 is 1.76 bits per heavy atom. The number of hydrogen-bond acceptors (Lipinski definition) is 4. The summed E-state index contributed by atoms with van der Waals surface area (Å²) >= 11 is 0. The van der Waals surface area contributed by atoms with Gasteiger partial charge in [0.25, 0.3) is 0 Å². The van der Waals surface area contributed by atoms with Gasteiger partial charge in [-0.3, -0.25) is 4.79 Å². The van der Waals surface area contributed by atoms with Crippen molar-refractivity contribution in [2.24, 2.45) is 0 Å². The van der Waals surface area contributed by atoms with Crippen molar-refractivity contribution in [3.05, 3.63) is 17.7 Å². The highest BCUT2D eigenvalue weighted by Crippen LogP contribution is 2.32. The van der Waals surface area contributed by atoms with Crippen LogP contribution < -0.4 is 15.2 Å². The fraction of sp³-hybridized carbons (Fsp3) is 0.562. The molecule has 2 rings (SSSR count). The Morgan fingerprint density at radius 1 is 1.14 bits per heavy atom. The molecule has 1 heterocycles. The quantitative estimate of drug-likeness (QED) is 0.845. The molecule has 5 nitrogen and oxygen atoms in total. The molecular weight excluding hydrogens is 268 g/mol. The van der Waals surface area contributed by atoms with Crippen LogP contribution in [-0.4, -0.2) is 38.1 Å². The first kappa shape index (κ1) is 15.5. The van der Waals surface area contributed by atoms with Crippen molar-refractivity contribution in [3.63, 3.8) is 0 Å². The number of ether oxygens (including phenoxy) is 2. The van der Waals surface area contributed by atoms with Gasteiger partial charge in [-0.25, -0.2) is 0 Å². The number of nitrogens with zero attached hydrogens (tertiary/aromatic N) is 1. The zero-order chi connectivity index (χ0) is 15.2. The van der Waals surface area contributed by atoms with E-state index in [9.17, 15) is 4.79 Å². The molecule has 5 heteroatoms. The Kier molecular flexibility index (Phi) is 5.31. The summed E-state index contributed by atoms with van der Waals surface area (Å²) < 4.78 is 10.5. The number of anilines is 1. The summed E-state index contributed by atoms with van der Waals surface area (Å²) in [5.41, 5.74) is 7.59. The molecule has 0 atom stereocenters. The highest BCUT2D eigenvalue weighted by Gasteiger charge is 2.17. The van der Waals surface area contributed by atoms with Crippen LogP contribution in [0.2, 0.25) is 0 Å². The number of nitrogen functional groups attached to an aromatic ring is 1. The zero-order valence-corrected chi connectivity index (χ0v) is 12.9. The van der Waals surface area contributed by atoms with Crippen LogP contribution in [0.4, 0.5) is 5.69 Å². The molecule has 0 radical (unpaired) electrons. The van der Waals surface area contributed by atoms with Gasteiger partial charge in [-0.15, -0.1) is 0 Å². The fourth-order valence-corrected chi connectivity index (χ4v) is 2.70.